The molecular weight excluding hydrogens is 134 g/mol. The second-order valence-corrected chi connectivity index (χ2v) is 2.73. The standard InChI is InChI=1S/C6H11NO3/c7-4-1-3(2-8)5(9)6(4)10/h3-6,8-10H,1-2H2/t3?,4?,5-,6-/m1/s1. The van der Waals surface area contributed by atoms with Gasteiger partial charge in [-0.05, 0) is 6.42 Å². The summed E-state index contributed by atoms with van der Waals surface area (Å²) in [5.41, 5.74) is 8.95. The quantitative estimate of drug-likeness (QED) is 0.405. The van der Waals surface area contributed by atoms with Gasteiger partial charge in [-0.15, -0.1) is 5.73 Å². The minimum Gasteiger partial charge on any atom is -0.396 e. The maximum Gasteiger partial charge on any atom is 0.0987 e. The van der Waals surface area contributed by atoms with Gasteiger partial charge in [0.05, 0.1) is 18.2 Å². The molecule has 2 radical (unpaired) electrons. The van der Waals surface area contributed by atoms with Gasteiger partial charge in [0.2, 0.25) is 0 Å². The van der Waals surface area contributed by atoms with Crippen LogP contribution in [0.3, 0.4) is 0 Å². The van der Waals surface area contributed by atoms with Crippen LogP contribution in [0, 0.1) is 5.92 Å². The molecule has 3 N–H and O–H groups in total. The van der Waals surface area contributed by atoms with Gasteiger partial charge in [-0.25, -0.2) is 0 Å². The Morgan fingerprint density at radius 3 is 2.10 bits per heavy atom. The average molecular weight is 145 g/mol. The number of aliphatic hydroxyl groups excluding tert-OH is 3. The molecule has 1 saturated carbocycles. The van der Waals surface area contributed by atoms with Crippen LogP contribution in [0.15, 0.2) is 0 Å². The summed E-state index contributed by atoms with van der Waals surface area (Å²) in [5.74, 6) is -0.370. The van der Waals surface area contributed by atoms with Crippen LogP contribution in [-0.4, -0.2) is 40.2 Å². The fraction of sp³-hybridized carbons (Fsp3) is 1.00. The summed E-state index contributed by atoms with van der Waals surface area (Å²) in [6, 6.07) is -0.882. The van der Waals surface area contributed by atoms with Gasteiger partial charge in [0.25, 0.3) is 0 Å². The van der Waals surface area contributed by atoms with Crippen molar-refractivity contribution in [3.8, 4) is 0 Å². The first-order chi connectivity index (χ1) is 4.66. The Bertz CT molecular complexity index is 120. The molecule has 0 aliphatic heterocycles. The summed E-state index contributed by atoms with van der Waals surface area (Å²) in [6.07, 6.45) is -1.78. The van der Waals surface area contributed by atoms with E-state index < -0.39 is 18.2 Å². The van der Waals surface area contributed by atoms with Crippen LogP contribution in [0.2, 0.25) is 0 Å². The maximum absolute atomic E-state index is 9.06. The van der Waals surface area contributed by atoms with Crippen LogP contribution >= 0.6 is 0 Å². The van der Waals surface area contributed by atoms with Crippen LogP contribution in [0.4, 0.5) is 0 Å². The Balaban J connectivity index is 2.53. The Kier molecular flexibility index (Phi) is 2.25. The van der Waals surface area contributed by atoms with Crippen molar-refractivity contribution in [2.75, 3.05) is 6.61 Å². The Labute approximate surface area is 59.3 Å². The first-order valence-electron chi connectivity index (χ1n) is 3.32. The zero-order chi connectivity index (χ0) is 7.72. The van der Waals surface area contributed by atoms with Crippen molar-refractivity contribution in [2.24, 2.45) is 5.92 Å². The third-order valence-corrected chi connectivity index (χ3v) is 2.01. The van der Waals surface area contributed by atoms with Crippen molar-refractivity contribution < 1.29 is 15.3 Å². The fourth-order valence-electron chi connectivity index (χ4n) is 1.28. The highest BCUT2D eigenvalue weighted by Gasteiger charge is 2.39. The van der Waals surface area contributed by atoms with E-state index in [9.17, 15) is 0 Å². The third kappa shape index (κ3) is 1.15. The molecule has 0 spiro atoms. The number of aliphatic hydroxyl groups is 3. The Morgan fingerprint density at radius 2 is 1.90 bits per heavy atom. The molecule has 10 heavy (non-hydrogen) atoms. The second-order valence-electron chi connectivity index (χ2n) is 2.73. The summed E-state index contributed by atoms with van der Waals surface area (Å²) in [5, 5.41) is 26.6. The molecule has 4 atom stereocenters. The topological polar surface area (TPSA) is 83.0 Å². The lowest BCUT2D eigenvalue weighted by Gasteiger charge is -2.12. The van der Waals surface area contributed by atoms with Crippen molar-refractivity contribution in [1.82, 2.24) is 5.73 Å². The van der Waals surface area contributed by atoms with E-state index in [2.05, 4.69) is 0 Å². The van der Waals surface area contributed by atoms with Crippen LogP contribution in [-0.2, 0) is 0 Å². The molecular formula is C6H11NO3. The zero-order valence-corrected chi connectivity index (χ0v) is 5.51. The molecule has 58 valence electrons. The highest BCUT2D eigenvalue weighted by atomic mass is 16.3. The van der Waals surface area contributed by atoms with Crippen molar-refractivity contribution in [2.45, 2.75) is 24.7 Å². The third-order valence-electron chi connectivity index (χ3n) is 2.01. The monoisotopic (exact) mass is 145 g/mol. The molecule has 1 aliphatic carbocycles. The van der Waals surface area contributed by atoms with Crippen LogP contribution in [0.1, 0.15) is 6.42 Å². The van der Waals surface area contributed by atoms with Gasteiger partial charge in [-0.3, -0.25) is 0 Å². The minimum atomic E-state index is -1.09. The van der Waals surface area contributed by atoms with E-state index >= 15 is 0 Å². The van der Waals surface area contributed by atoms with Crippen LogP contribution in [0.25, 0.3) is 0 Å². The van der Waals surface area contributed by atoms with Gasteiger partial charge in [-0.1, -0.05) is 0 Å². The highest BCUT2D eigenvalue weighted by molar-refractivity contribution is 4.92. The normalized spacial score (nSPS) is 48.0. The van der Waals surface area contributed by atoms with Gasteiger partial charge in [0, 0.05) is 12.5 Å². The number of nitrogens with zero attached hydrogens (tertiary/aromatic N) is 1. The Morgan fingerprint density at radius 1 is 1.30 bits per heavy atom. The minimum absolute atomic E-state index is 0.185. The summed E-state index contributed by atoms with van der Waals surface area (Å²) in [7, 11) is 0. The first-order valence-corrected chi connectivity index (χ1v) is 3.32. The number of rotatable bonds is 1. The lowest BCUT2D eigenvalue weighted by molar-refractivity contribution is 0.00243. The smallest absolute Gasteiger partial charge is 0.0987 e. The van der Waals surface area contributed by atoms with Gasteiger partial charge >= 0.3 is 0 Å². The van der Waals surface area contributed by atoms with Crippen LogP contribution in [0.5, 0.6) is 0 Å². The first kappa shape index (κ1) is 7.94. The van der Waals surface area contributed by atoms with E-state index in [1.54, 1.807) is 0 Å². The molecule has 4 heteroatoms. The summed E-state index contributed by atoms with van der Waals surface area (Å²) in [4.78, 5) is 0. The second kappa shape index (κ2) is 2.84. The van der Waals surface area contributed by atoms with Gasteiger partial charge in [-0.2, -0.15) is 0 Å². The zero-order valence-electron chi connectivity index (χ0n) is 5.51. The van der Waals surface area contributed by atoms with E-state index in [0.29, 0.717) is 0 Å². The van der Waals surface area contributed by atoms with E-state index in [0.717, 1.165) is 0 Å². The van der Waals surface area contributed by atoms with Crippen LogP contribution < -0.4 is 5.73 Å². The van der Waals surface area contributed by atoms with E-state index in [-0.39, 0.29) is 18.9 Å². The lowest BCUT2D eigenvalue weighted by atomic mass is 10.1. The average Bonchev–Trinajstić information content (AvgIpc) is 2.17. The fourth-order valence-corrected chi connectivity index (χ4v) is 1.28. The molecule has 1 aliphatic rings. The van der Waals surface area contributed by atoms with E-state index in [1.807, 2.05) is 0 Å². The molecule has 0 aromatic carbocycles. The van der Waals surface area contributed by atoms with E-state index in [1.165, 1.54) is 0 Å². The molecule has 0 heterocycles. The Hall–Kier alpha value is -0.160. The molecule has 0 aromatic rings. The lowest BCUT2D eigenvalue weighted by Crippen LogP contribution is -2.31. The van der Waals surface area contributed by atoms with Crippen molar-refractivity contribution in [3.63, 3.8) is 0 Å². The highest BCUT2D eigenvalue weighted by Crippen LogP contribution is 2.25. The van der Waals surface area contributed by atoms with Gasteiger partial charge in [0.1, 0.15) is 0 Å². The van der Waals surface area contributed by atoms with Crippen molar-refractivity contribution in [1.29, 1.82) is 0 Å². The maximum atomic E-state index is 9.06. The molecule has 1 fully saturated rings. The predicted octanol–water partition coefficient (Wildman–Crippen LogP) is -1.84. The molecule has 1 rings (SSSR count). The van der Waals surface area contributed by atoms with Crippen molar-refractivity contribution in [3.05, 3.63) is 0 Å². The largest absolute Gasteiger partial charge is 0.396 e. The van der Waals surface area contributed by atoms with E-state index in [4.69, 9.17) is 21.1 Å². The summed E-state index contributed by atoms with van der Waals surface area (Å²) < 4.78 is 0. The number of hydrogen-bond donors (Lipinski definition) is 3. The molecule has 0 saturated heterocycles. The SMILES string of the molecule is [N]C1CC(CO)[C@@H](O)[C@@H]1O. The molecule has 4 nitrogen and oxygen atoms in total. The molecule has 0 aromatic heterocycles. The molecule has 0 bridgehead atoms. The predicted molar refractivity (Wildman–Crippen MR) is 33.1 cm³/mol. The molecule has 0 amide bonds. The summed E-state index contributed by atoms with van der Waals surface area (Å²) in [6.45, 7) is -0.185. The van der Waals surface area contributed by atoms with Gasteiger partial charge in [0.15, 0.2) is 0 Å². The van der Waals surface area contributed by atoms with Crippen molar-refractivity contribution >= 4 is 0 Å². The number of hydrogen-bond acceptors (Lipinski definition) is 3. The summed E-state index contributed by atoms with van der Waals surface area (Å²) >= 11 is 0. The molecule has 2 unspecified atom stereocenters. The van der Waals surface area contributed by atoms with Gasteiger partial charge < -0.3 is 15.3 Å².